The maximum atomic E-state index is 13.7. The Bertz CT molecular complexity index is 1190. The minimum absolute atomic E-state index is 0.104. The summed E-state index contributed by atoms with van der Waals surface area (Å²) in [5.41, 5.74) is 0. The number of hydrogen-bond donors (Lipinski definition) is 1. The Labute approximate surface area is 209 Å². The van der Waals surface area contributed by atoms with Gasteiger partial charge in [0.2, 0.25) is 11.7 Å². The standard InChI is InChI=1S/C25H32N6O5/c1-16-9-11-20(35-16)23(25(33)26-18-6-3-4-7-18)30(14-19-8-5-13-34-19)22(32)15-31-28-24(27-29-31)21-12-10-17(2)36-21/h9-12,18-19,23H,3-8,13-15H2,1-2H3,(H,26,33)/t19-,23+/m0/s1. The second-order valence-electron chi connectivity index (χ2n) is 9.58. The summed E-state index contributed by atoms with van der Waals surface area (Å²) in [5.74, 6) is 2.01. The van der Waals surface area contributed by atoms with Crippen molar-refractivity contribution >= 4 is 11.8 Å². The van der Waals surface area contributed by atoms with Gasteiger partial charge >= 0.3 is 0 Å². The fourth-order valence-electron chi connectivity index (χ4n) is 4.91. The Kier molecular flexibility index (Phi) is 7.17. The lowest BCUT2D eigenvalue weighted by molar-refractivity contribution is -0.144. The van der Waals surface area contributed by atoms with Crippen LogP contribution in [0.2, 0.25) is 0 Å². The molecular formula is C25H32N6O5. The summed E-state index contributed by atoms with van der Waals surface area (Å²) in [6.07, 6.45) is 5.63. The van der Waals surface area contributed by atoms with E-state index in [4.69, 9.17) is 13.6 Å². The molecule has 2 aliphatic rings. The zero-order valence-electron chi connectivity index (χ0n) is 20.7. The van der Waals surface area contributed by atoms with E-state index in [9.17, 15) is 9.59 Å². The average Bonchev–Trinajstić information content (AvgIpc) is 3.66. The largest absolute Gasteiger partial charge is 0.464 e. The van der Waals surface area contributed by atoms with Crippen LogP contribution in [0.4, 0.5) is 0 Å². The van der Waals surface area contributed by atoms with Crippen LogP contribution in [0, 0.1) is 13.8 Å². The van der Waals surface area contributed by atoms with Gasteiger partial charge in [0.05, 0.1) is 6.10 Å². The van der Waals surface area contributed by atoms with E-state index in [0.29, 0.717) is 29.7 Å². The molecule has 5 rings (SSSR count). The third kappa shape index (κ3) is 5.51. The Balaban J connectivity index is 1.41. The second-order valence-corrected chi connectivity index (χ2v) is 9.58. The summed E-state index contributed by atoms with van der Waals surface area (Å²) >= 11 is 0. The number of amides is 2. The van der Waals surface area contributed by atoms with Gasteiger partial charge in [-0.3, -0.25) is 9.59 Å². The SMILES string of the molecule is Cc1ccc(-c2nnn(CC(=O)N(C[C@@H]3CCCO3)[C@@H](C(=O)NC3CCCC3)c3ccc(C)o3)n2)o1. The van der Waals surface area contributed by atoms with Gasteiger partial charge < -0.3 is 23.8 Å². The van der Waals surface area contributed by atoms with Crippen LogP contribution >= 0.6 is 0 Å². The lowest BCUT2D eigenvalue weighted by atomic mass is 10.1. The Morgan fingerprint density at radius 3 is 2.53 bits per heavy atom. The zero-order chi connectivity index (χ0) is 25.1. The molecule has 1 saturated heterocycles. The molecule has 1 aliphatic heterocycles. The normalized spacial score (nSPS) is 19.0. The topological polar surface area (TPSA) is 129 Å². The zero-order valence-corrected chi connectivity index (χ0v) is 20.7. The molecule has 0 spiro atoms. The lowest BCUT2D eigenvalue weighted by Gasteiger charge is -2.32. The number of carbonyl (C=O) groups excluding carboxylic acids is 2. The first-order chi connectivity index (χ1) is 17.5. The van der Waals surface area contributed by atoms with Gasteiger partial charge in [0.15, 0.2) is 11.8 Å². The summed E-state index contributed by atoms with van der Waals surface area (Å²) in [4.78, 5) is 30.1. The maximum Gasteiger partial charge on any atom is 0.250 e. The number of nitrogens with one attached hydrogen (secondary N) is 1. The summed E-state index contributed by atoms with van der Waals surface area (Å²) in [5, 5.41) is 15.5. The highest BCUT2D eigenvalue weighted by atomic mass is 16.5. The van der Waals surface area contributed by atoms with Crippen molar-refractivity contribution < 1.29 is 23.2 Å². The van der Waals surface area contributed by atoms with E-state index in [1.54, 1.807) is 23.1 Å². The van der Waals surface area contributed by atoms with Gasteiger partial charge in [-0.1, -0.05) is 12.8 Å². The monoisotopic (exact) mass is 496 g/mol. The molecule has 3 aromatic heterocycles. The molecule has 0 unspecified atom stereocenters. The molecule has 2 atom stereocenters. The minimum Gasteiger partial charge on any atom is -0.464 e. The van der Waals surface area contributed by atoms with Crippen LogP contribution in [0.5, 0.6) is 0 Å². The molecule has 11 nitrogen and oxygen atoms in total. The van der Waals surface area contributed by atoms with Gasteiger partial charge in [0.1, 0.15) is 23.8 Å². The molecule has 4 heterocycles. The van der Waals surface area contributed by atoms with E-state index in [1.165, 1.54) is 4.80 Å². The molecule has 11 heteroatoms. The van der Waals surface area contributed by atoms with Crippen LogP contribution in [-0.2, 0) is 20.9 Å². The Hall–Kier alpha value is -3.47. The number of hydrogen-bond acceptors (Lipinski definition) is 8. The molecule has 2 amide bonds. The summed E-state index contributed by atoms with van der Waals surface area (Å²) in [6, 6.07) is 6.30. The van der Waals surface area contributed by atoms with Crippen molar-refractivity contribution in [3.63, 3.8) is 0 Å². The highest BCUT2D eigenvalue weighted by Gasteiger charge is 2.37. The molecule has 0 bridgehead atoms. The predicted octanol–water partition coefficient (Wildman–Crippen LogP) is 2.95. The Morgan fingerprint density at radius 1 is 1.08 bits per heavy atom. The maximum absolute atomic E-state index is 13.7. The first kappa shape index (κ1) is 24.2. The van der Waals surface area contributed by atoms with Crippen molar-refractivity contribution in [2.75, 3.05) is 13.2 Å². The predicted molar refractivity (Wildman–Crippen MR) is 128 cm³/mol. The molecule has 3 aromatic rings. The number of rotatable bonds is 9. The van der Waals surface area contributed by atoms with E-state index >= 15 is 0 Å². The van der Waals surface area contributed by atoms with Crippen LogP contribution in [0.3, 0.4) is 0 Å². The van der Waals surface area contributed by atoms with Crippen molar-refractivity contribution in [1.82, 2.24) is 30.4 Å². The van der Waals surface area contributed by atoms with Crippen LogP contribution < -0.4 is 5.32 Å². The van der Waals surface area contributed by atoms with E-state index in [0.717, 1.165) is 44.3 Å². The third-order valence-corrected chi connectivity index (χ3v) is 6.73. The summed E-state index contributed by atoms with van der Waals surface area (Å²) in [6.45, 7) is 4.36. The molecule has 0 radical (unpaired) electrons. The molecule has 1 N–H and O–H groups in total. The van der Waals surface area contributed by atoms with Gasteiger partial charge in [-0.2, -0.15) is 4.80 Å². The van der Waals surface area contributed by atoms with Crippen molar-refractivity contribution in [3.05, 3.63) is 41.5 Å². The van der Waals surface area contributed by atoms with Crippen LogP contribution in [-0.4, -0.2) is 62.2 Å². The smallest absolute Gasteiger partial charge is 0.250 e. The Morgan fingerprint density at radius 2 is 1.86 bits per heavy atom. The molecule has 0 aromatic carbocycles. The van der Waals surface area contributed by atoms with Gasteiger partial charge in [-0.25, -0.2) is 0 Å². The average molecular weight is 497 g/mol. The molecule has 1 saturated carbocycles. The molecule has 192 valence electrons. The third-order valence-electron chi connectivity index (χ3n) is 6.73. The summed E-state index contributed by atoms with van der Waals surface area (Å²) in [7, 11) is 0. The first-order valence-corrected chi connectivity index (χ1v) is 12.6. The fraction of sp³-hybridized carbons (Fsp3) is 0.560. The molecule has 1 aliphatic carbocycles. The van der Waals surface area contributed by atoms with Gasteiger partial charge in [-0.05, 0) is 69.0 Å². The van der Waals surface area contributed by atoms with Gasteiger partial charge in [0, 0.05) is 19.2 Å². The highest BCUT2D eigenvalue weighted by Crippen LogP contribution is 2.28. The number of tetrazole rings is 1. The van der Waals surface area contributed by atoms with Crippen LogP contribution in [0.15, 0.2) is 33.1 Å². The van der Waals surface area contributed by atoms with Crippen LogP contribution in [0.25, 0.3) is 11.6 Å². The van der Waals surface area contributed by atoms with Crippen LogP contribution in [0.1, 0.15) is 61.8 Å². The number of aryl methyl sites for hydroxylation is 2. The quantitative estimate of drug-likeness (QED) is 0.479. The number of carbonyl (C=O) groups is 2. The molecular weight excluding hydrogens is 464 g/mol. The highest BCUT2D eigenvalue weighted by molar-refractivity contribution is 5.88. The van der Waals surface area contributed by atoms with Gasteiger partial charge in [0.25, 0.3) is 5.91 Å². The van der Waals surface area contributed by atoms with Crippen molar-refractivity contribution in [1.29, 1.82) is 0 Å². The second kappa shape index (κ2) is 10.7. The van der Waals surface area contributed by atoms with E-state index in [2.05, 4.69) is 20.7 Å². The molecule has 36 heavy (non-hydrogen) atoms. The first-order valence-electron chi connectivity index (χ1n) is 12.6. The number of aromatic nitrogens is 4. The lowest BCUT2D eigenvalue weighted by Crippen LogP contribution is -2.49. The number of nitrogens with zero attached hydrogens (tertiary/aromatic N) is 5. The van der Waals surface area contributed by atoms with Gasteiger partial charge in [-0.15, -0.1) is 10.2 Å². The number of ether oxygens (including phenoxy) is 1. The van der Waals surface area contributed by atoms with Crippen molar-refractivity contribution in [2.45, 2.75) is 77.1 Å². The van der Waals surface area contributed by atoms with Crippen molar-refractivity contribution in [3.8, 4) is 11.6 Å². The van der Waals surface area contributed by atoms with E-state index in [-0.39, 0.29) is 37.0 Å². The summed E-state index contributed by atoms with van der Waals surface area (Å²) < 4.78 is 17.3. The minimum atomic E-state index is -0.924. The molecule has 2 fully saturated rings. The van der Waals surface area contributed by atoms with E-state index < -0.39 is 6.04 Å². The van der Waals surface area contributed by atoms with Crippen molar-refractivity contribution in [2.24, 2.45) is 0 Å². The fourth-order valence-corrected chi connectivity index (χ4v) is 4.91. The number of furan rings is 2. The van der Waals surface area contributed by atoms with E-state index in [1.807, 2.05) is 19.9 Å².